The fourth-order valence-electron chi connectivity index (χ4n) is 1.42. The van der Waals surface area contributed by atoms with Gasteiger partial charge in [0.2, 0.25) is 0 Å². The zero-order valence-corrected chi connectivity index (χ0v) is 9.96. The zero-order valence-electron chi connectivity index (χ0n) is 9.20. The molecule has 17 heavy (non-hydrogen) atoms. The van der Waals surface area contributed by atoms with Crippen molar-refractivity contribution in [3.8, 4) is 0 Å². The lowest BCUT2D eigenvalue weighted by Gasteiger charge is -2.27. The molecule has 0 amide bonds. The second kappa shape index (κ2) is 5.07. The molecule has 2 atom stereocenters. The van der Waals surface area contributed by atoms with E-state index in [9.17, 15) is 8.78 Å². The van der Waals surface area contributed by atoms with E-state index in [4.69, 9.17) is 28.8 Å². The van der Waals surface area contributed by atoms with Crippen LogP contribution in [0.2, 0.25) is 5.15 Å². The van der Waals surface area contributed by atoms with E-state index in [0.717, 1.165) is 0 Å². The zero-order chi connectivity index (χ0) is 13.2. The third-order valence-electron chi connectivity index (χ3n) is 2.58. The van der Waals surface area contributed by atoms with Crippen molar-refractivity contribution < 1.29 is 8.78 Å². The van der Waals surface area contributed by atoms with Gasteiger partial charge in [0.05, 0.1) is 12.6 Å². The van der Waals surface area contributed by atoms with Crippen LogP contribution in [0, 0.1) is 0 Å². The molecule has 0 aliphatic carbocycles. The van der Waals surface area contributed by atoms with E-state index < -0.39 is 24.4 Å². The van der Waals surface area contributed by atoms with Crippen molar-refractivity contribution in [1.82, 2.24) is 10.2 Å². The summed E-state index contributed by atoms with van der Waals surface area (Å²) >= 11 is 5.77. The molecular weight excluding hydrogens is 252 g/mol. The predicted molar refractivity (Wildman–Crippen MR) is 61.8 cm³/mol. The van der Waals surface area contributed by atoms with Crippen molar-refractivity contribution in [3.63, 3.8) is 0 Å². The fraction of sp³-hybridized carbons (Fsp3) is 0.556. The number of rotatable bonds is 4. The highest BCUT2D eigenvalue weighted by Gasteiger charge is 2.40. The summed E-state index contributed by atoms with van der Waals surface area (Å²) < 4.78 is 26.7. The van der Waals surface area contributed by atoms with Crippen molar-refractivity contribution in [2.45, 2.75) is 24.8 Å². The Morgan fingerprint density at radius 3 is 2.59 bits per heavy atom. The Morgan fingerprint density at radius 1 is 1.47 bits per heavy atom. The largest absolute Gasteiger partial charge is 0.382 e. The van der Waals surface area contributed by atoms with Crippen LogP contribution in [0.15, 0.2) is 6.07 Å². The maximum atomic E-state index is 13.4. The van der Waals surface area contributed by atoms with E-state index in [1.54, 1.807) is 0 Å². The van der Waals surface area contributed by atoms with Gasteiger partial charge in [-0.05, 0) is 11.6 Å². The number of anilines is 1. The van der Waals surface area contributed by atoms with Gasteiger partial charge >= 0.3 is 0 Å². The molecule has 0 aliphatic rings. The summed E-state index contributed by atoms with van der Waals surface area (Å²) in [5.41, 5.74) is 16.2. The summed E-state index contributed by atoms with van der Waals surface area (Å²) in [6, 6.07) is -0.0829. The Balaban J connectivity index is 3.04. The molecule has 96 valence electrons. The van der Waals surface area contributed by atoms with E-state index >= 15 is 0 Å². The first kappa shape index (κ1) is 14.0. The second-order valence-electron chi connectivity index (χ2n) is 3.79. The molecule has 0 aromatic carbocycles. The van der Waals surface area contributed by atoms with E-state index in [1.165, 1.54) is 13.0 Å². The first-order chi connectivity index (χ1) is 7.79. The van der Waals surface area contributed by atoms with Gasteiger partial charge in [-0.25, -0.2) is 8.78 Å². The first-order valence-electron chi connectivity index (χ1n) is 4.91. The summed E-state index contributed by atoms with van der Waals surface area (Å²) in [5.74, 6) is -3.82. The van der Waals surface area contributed by atoms with E-state index in [2.05, 4.69) is 10.2 Å². The molecule has 0 aliphatic heterocycles. The highest BCUT2D eigenvalue weighted by atomic mass is 35.5. The van der Waals surface area contributed by atoms with Crippen LogP contribution in [0.1, 0.15) is 18.4 Å². The molecule has 0 bridgehead atoms. The summed E-state index contributed by atoms with van der Waals surface area (Å²) in [6.45, 7) is 0.681. The molecular formula is C9H14ClF2N5. The van der Waals surface area contributed by atoms with Gasteiger partial charge in [-0.15, -0.1) is 10.2 Å². The second-order valence-corrected chi connectivity index (χ2v) is 4.15. The molecule has 0 radical (unpaired) electrons. The summed E-state index contributed by atoms with van der Waals surface area (Å²) in [5, 5.41) is 7.06. The molecule has 2 unspecified atom stereocenters. The van der Waals surface area contributed by atoms with Crippen LogP contribution in [0.4, 0.5) is 14.6 Å². The lowest BCUT2D eigenvalue weighted by atomic mass is 9.91. The number of aromatic nitrogens is 2. The Kier molecular flexibility index (Phi) is 4.18. The molecule has 6 N–H and O–H groups in total. The summed E-state index contributed by atoms with van der Waals surface area (Å²) in [6.07, 6.45) is 0. The van der Waals surface area contributed by atoms with E-state index in [-0.39, 0.29) is 11.0 Å². The highest BCUT2D eigenvalue weighted by molar-refractivity contribution is 6.30. The van der Waals surface area contributed by atoms with Crippen LogP contribution in [0.25, 0.3) is 0 Å². The smallest absolute Gasteiger partial charge is 0.275 e. The molecule has 1 rings (SSSR count). The minimum Gasteiger partial charge on any atom is -0.382 e. The summed E-state index contributed by atoms with van der Waals surface area (Å²) in [7, 11) is 0. The topological polar surface area (TPSA) is 104 Å². The van der Waals surface area contributed by atoms with Crippen LogP contribution in [-0.2, 0) is 0 Å². The Hall–Kier alpha value is -1.05. The molecule has 1 aromatic rings. The molecule has 5 nitrogen and oxygen atoms in total. The minimum absolute atomic E-state index is 0.00923. The first-order valence-corrected chi connectivity index (χ1v) is 5.29. The molecule has 0 fully saturated rings. The van der Waals surface area contributed by atoms with Crippen LogP contribution < -0.4 is 17.2 Å². The van der Waals surface area contributed by atoms with Crippen LogP contribution in [0.3, 0.4) is 0 Å². The third kappa shape index (κ3) is 2.99. The fourth-order valence-corrected chi connectivity index (χ4v) is 1.69. The molecule has 1 aromatic heterocycles. The molecule has 1 heterocycles. The van der Waals surface area contributed by atoms with Crippen LogP contribution in [-0.4, -0.2) is 28.7 Å². The van der Waals surface area contributed by atoms with Gasteiger partial charge in [-0.2, -0.15) is 0 Å². The van der Waals surface area contributed by atoms with Crippen molar-refractivity contribution >= 4 is 17.4 Å². The van der Waals surface area contributed by atoms with Crippen molar-refractivity contribution in [2.24, 2.45) is 11.5 Å². The standard InChI is InChI=1S/C9H14ClF2N5/c1-4(7(15)9(11,12)3-13)5-2-6(14)16-17-8(5)10/h2,4,7H,3,13,15H2,1H3,(H2,14,16). The molecule has 0 saturated carbocycles. The Bertz CT molecular complexity index is 401. The lowest BCUT2D eigenvalue weighted by Crippen LogP contribution is -2.49. The van der Waals surface area contributed by atoms with Crippen molar-refractivity contribution in [2.75, 3.05) is 12.3 Å². The number of alkyl halides is 2. The number of nitrogen functional groups attached to an aromatic ring is 1. The average molecular weight is 266 g/mol. The highest BCUT2D eigenvalue weighted by Crippen LogP contribution is 2.31. The average Bonchev–Trinajstić information content (AvgIpc) is 2.30. The van der Waals surface area contributed by atoms with Gasteiger partial charge in [0.15, 0.2) is 5.15 Å². The molecule has 8 heteroatoms. The Morgan fingerprint density at radius 2 is 2.06 bits per heavy atom. The van der Waals surface area contributed by atoms with Gasteiger partial charge in [0.1, 0.15) is 5.82 Å². The van der Waals surface area contributed by atoms with Gasteiger partial charge in [0.25, 0.3) is 5.92 Å². The lowest BCUT2D eigenvalue weighted by molar-refractivity contribution is -0.0221. The third-order valence-corrected chi connectivity index (χ3v) is 2.88. The van der Waals surface area contributed by atoms with Crippen LogP contribution >= 0.6 is 11.6 Å². The number of halogens is 3. The van der Waals surface area contributed by atoms with Crippen LogP contribution in [0.5, 0.6) is 0 Å². The SMILES string of the molecule is CC(c1cc(N)nnc1Cl)C(N)C(F)(F)CN. The van der Waals surface area contributed by atoms with Gasteiger partial charge < -0.3 is 17.2 Å². The molecule has 0 spiro atoms. The van der Waals surface area contributed by atoms with Gasteiger partial charge in [-0.3, -0.25) is 0 Å². The quantitative estimate of drug-likeness (QED) is 0.745. The predicted octanol–water partition coefficient (Wildman–Crippen LogP) is 0.737. The van der Waals surface area contributed by atoms with E-state index in [1.807, 2.05) is 0 Å². The number of hydrogen-bond donors (Lipinski definition) is 3. The maximum Gasteiger partial charge on any atom is 0.275 e. The molecule has 0 saturated heterocycles. The summed E-state index contributed by atoms with van der Waals surface area (Å²) in [4.78, 5) is 0. The number of nitrogens with two attached hydrogens (primary N) is 3. The van der Waals surface area contributed by atoms with Gasteiger partial charge in [-0.1, -0.05) is 18.5 Å². The Labute approximate surface area is 102 Å². The minimum atomic E-state index is -3.18. The monoisotopic (exact) mass is 265 g/mol. The van der Waals surface area contributed by atoms with Crippen molar-refractivity contribution in [3.05, 3.63) is 16.8 Å². The maximum absolute atomic E-state index is 13.4. The van der Waals surface area contributed by atoms with Gasteiger partial charge in [0, 0.05) is 5.92 Å². The van der Waals surface area contributed by atoms with E-state index in [0.29, 0.717) is 5.56 Å². The van der Waals surface area contributed by atoms with Crippen molar-refractivity contribution in [1.29, 1.82) is 0 Å². The number of nitrogens with zero attached hydrogens (tertiary/aromatic N) is 2. The normalized spacial score (nSPS) is 15.6. The number of hydrogen-bond acceptors (Lipinski definition) is 5.